The summed E-state index contributed by atoms with van der Waals surface area (Å²) in [5.41, 5.74) is 5.54. The zero-order chi connectivity index (χ0) is 11.0. The molecule has 0 aliphatic heterocycles. The van der Waals surface area contributed by atoms with Crippen LogP contribution in [0.15, 0.2) is 0 Å². The Hall–Kier alpha value is -0.610. The number of hydrogen-bond acceptors (Lipinski definition) is 3. The highest BCUT2D eigenvalue weighted by atomic mass is 16.5. The molecular weight excluding hydrogens is 180 g/mol. The van der Waals surface area contributed by atoms with E-state index < -0.39 is 0 Å². The molecule has 0 bridgehead atoms. The van der Waals surface area contributed by atoms with Crippen molar-refractivity contribution >= 4 is 5.91 Å². The Morgan fingerprint density at radius 2 is 2.14 bits per heavy atom. The minimum Gasteiger partial charge on any atom is -0.377 e. The van der Waals surface area contributed by atoms with Crippen LogP contribution in [0.25, 0.3) is 0 Å². The maximum absolute atomic E-state index is 11.2. The van der Waals surface area contributed by atoms with Crippen LogP contribution in [0.1, 0.15) is 33.6 Å². The van der Waals surface area contributed by atoms with Crippen molar-refractivity contribution in [3.8, 4) is 0 Å². The lowest BCUT2D eigenvalue weighted by atomic mass is 10.2. The molecule has 0 aliphatic rings. The van der Waals surface area contributed by atoms with Gasteiger partial charge in [-0.05, 0) is 27.2 Å². The second kappa shape index (κ2) is 7.76. The highest BCUT2D eigenvalue weighted by Crippen LogP contribution is 1.94. The molecule has 84 valence electrons. The molecule has 1 amide bonds. The van der Waals surface area contributed by atoms with Crippen molar-refractivity contribution in [3.05, 3.63) is 0 Å². The fourth-order valence-electron chi connectivity index (χ4n) is 1.05. The molecule has 0 spiro atoms. The monoisotopic (exact) mass is 202 g/mol. The van der Waals surface area contributed by atoms with Gasteiger partial charge in [0.2, 0.25) is 5.91 Å². The normalized spacial score (nSPS) is 14.9. The van der Waals surface area contributed by atoms with Gasteiger partial charge < -0.3 is 15.8 Å². The van der Waals surface area contributed by atoms with Crippen molar-refractivity contribution in [1.82, 2.24) is 5.32 Å². The van der Waals surface area contributed by atoms with Crippen LogP contribution in [0.4, 0.5) is 0 Å². The molecule has 2 unspecified atom stereocenters. The van der Waals surface area contributed by atoms with Crippen LogP contribution in [-0.2, 0) is 9.53 Å². The lowest BCUT2D eigenvalue weighted by Gasteiger charge is -2.12. The van der Waals surface area contributed by atoms with Crippen molar-refractivity contribution in [2.45, 2.75) is 45.8 Å². The Morgan fingerprint density at radius 1 is 1.50 bits per heavy atom. The van der Waals surface area contributed by atoms with Gasteiger partial charge >= 0.3 is 0 Å². The molecule has 14 heavy (non-hydrogen) atoms. The van der Waals surface area contributed by atoms with Gasteiger partial charge in [0.25, 0.3) is 0 Å². The number of nitrogens with two attached hydrogens (primary N) is 1. The molecule has 0 aromatic rings. The van der Waals surface area contributed by atoms with Crippen molar-refractivity contribution in [3.63, 3.8) is 0 Å². The highest BCUT2D eigenvalue weighted by molar-refractivity contribution is 5.75. The zero-order valence-electron chi connectivity index (χ0n) is 9.38. The number of carbonyl (C=O) groups is 1. The Balaban J connectivity index is 3.43. The van der Waals surface area contributed by atoms with E-state index in [9.17, 15) is 4.79 Å². The van der Waals surface area contributed by atoms with E-state index in [1.165, 1.54) is 0 Å². The van der Waals surface area contributed by atoms with Crippen molar-refractivity contribution in [2.75, 3.05) is 13.2 Å². The Kier molecular flexibility index (Phi) is 7.42. The topological polar surface area (TPSA) is 64.3 Å². The van der Waals surface area contributed by atoms with Crippen LogP contribution in [0, 0.1) is 0 Å². The molecule has 0 aromatic carbocycles. The Labute approximate surface area is 86.2 Å². The Morgan fingerprint density at radius 3 is 2.64 bits per heavy atom. The van der Waals surface area contributed by atoms with Crippen molar-refractivity contribution in [1.29, 1.82) is 0 Å². The fourth-order valence-corrected chi connectivity index (χ4v) is 1.05. The summed E-state index contributed by atoms with van der Waals surface area (Å²) in [7, 11) is 0. The molecule has 0 aliphatic carbocycles. The Bertz CT molecular complexity index is 160. The number of rotatable bonds is 7. The van der Waals surface area contributed by atoms with Gasteiger partial charge in [-0.1, -0.05) is 0 Å². The first kappa shape index (κ1) is 13.4. The third-order valence-corrected chi connectivity index (χ3v) is 1.86. The van der Waals surface area contributed by atoms with E-state index in [0.717, 1.165) is 6.42 Å². The molecule has 0 saturated heterocycles. The van der Waals surface area contributed by atoms with Gasteiger partial charge in [0.05, 0.1) is 6.10 Å². The van der Waals surface area contributed by atoms with Gasteiger partial charge in [0, 0.05) is 25.6 Å². The van der Waals surface area contributed by atoms with Gasteiger partial charge in [0.1, 0.15) is 0 Å². The number of ether oxygens (including phenoxy) is 1. The average molecular weight is 202 g/mol. The van der Waals surface area contributed by atoms with Crippen LogP contribution >= 0.6 is 0 Å². The number of nitrogens with one attached hydrogen (secondary N) is 1. The molecule has 0 aromatic heterocycles. The fraction of sp³-hybridized carbons (Fsp3) is 0.900. The lowest BCUT2D eigenvalue weighted by molar-refractivity contribution is -0.121. The van der Waals surface area contributed by atoms with Gasteiger partial charge in [-0.15, -0.1) is 0 Å². The summed E-state index contributed by atoms with van der Waals surface area (Å²) in [4.78, 5) is 11.2. The maximum Gasteiger partial charge on any atom is 0.220 e. The van der Waals surface area contributed by atoms with Crippen LogP contribution in [-0.4, -0.2) is 31.2 Å². The molecular formula is C10H22N2O2. The molecule has 2 atom stereocenters. The first-order valence-corrected chi connectivity index (χ1v) is 5.20. The van der Waals surface area contributed by atoms with E-state index in [1.807, 2.05) is 20.8 Å². The third-order valence-electron chi connectivity index (χ3n) is 1.86. The minimum atomic E-state index is 0.0499. The smallest absolute Gasteiger partial charge is 0.220 e. The summed E-state index contributed by atoms with van der Waals surface area (Å²) < 4.78 is 5.28. The minimum absolute atomic E-state index is 0.0499. The summed E-state index contributed by atoms with van der Waals surface area (Å²) in [6, 6.07) is 0.0880. The SMILES string of the molecule is CCOC(C)CNC(=O)CCC(C)N. The van der Waals surface area contributed by atoms with Crippen molar-refractivity contribution in [2.24, 2.45) is 5.73 Å². The van der Waals surface area contributed by atoms with Crippen LogP contribution in [0.2, 0.25) is 0 Å². The van der Waals surface area contributed by atoms with Gasteiger partial charge in [-0.3, -0.25) is 4.79 Å². The standard InChI is InChI=1S/C10H22N2O2/c1-4-14-9(3)7-12-10(13)6-5-8(2)11/h8-9H,4-7,11H2,1-3H3,(H,12,13). The highest BCUT2D eigenvalue weighted by Gasteiger charge is 2.05. The van der Waals surface area contributed by atoms with E-state index in [-0.39, 0.29) is 18.1 Å². The van der Waals surface area contributed by atoms with Gasteiger partial charge in [-0.25, -0.2) is 0 Å². The lowest BCUT2D eigenvalue weighted by Crippen LogP contribution is -2.32. The largest absolute Gasteiger partial charge is 0.377 e. The summed E-state index contributed by atoms with van der Waals surface area (Å²) in [5.74, 6) is 0.0499. The molecule has 3 N–H and O–H groups in total. The van der Waals surface area contributed by atoms with E-state index >= 15 is 0 Å². The van der Waals surface area contributed by atoms with E-state index in [4.69, 9.17) is 10.5 Å². The first-order valence-electron chi connectivity index (χ1n) is 5.20. The molecule has 0 radical (unpaired) electrons. The number of hydrogen-bond donors (Lipinski definition) is 2. The van der Waals surface area contributed by atoms with Gasteiger partial charge in [-0.2, -0.15) is 0 Å². The van der Waals surface area contributed by atoms with Crippen LogP contribution < -0.4 is 11.1 Å². The summed E-state index contributed by atoms with van der Waals surface area (Å²) in [5, 5.41) is 2.80. The van der Waals surface area contributed by atoms with Crippen molar-refractivity contribution < 1.29 is 9.53 Å². The molecule has 0 heterocycles. The number of amides is 1. The average Bonchev–Trinajstić information content (AvgIpc) is 2.12. The summed E-state index contributed by atoms with van der Waals surface area (Å²) >= 11 is 0. The predicted octanol–water partition coefficient (Wildman–Crippen LogP) is 0.655. The summed E-state index contributed by atoms with van der Waals surface area (Å²) in [6.45, 7) is 7.03. The predicted molar refractivity (Wildman–Crippen MR) is 57.0 cm³/mol. The van der Waals surface area contributed by atoms with Gasteiger partial charge in [0.15, 0.2) is 0 Å². The van der Waals surface area contributed by atoms with Crippen LogP contribution in [0.3, 0.4) is 0 Å². The maximum atomic E-state index is 11.2. The first-order chi connectivity index (χ1) is 6.56. The van der Waals surface area contributed by atoms with E-state index in [0.29, 0.717) is 19.6 Å². The molecule has 4 nitrogen and oxygen atoms in total. The second-order valence-electron chi connectivity index (χ2n) is 3.59. The molecule has 0 rings (SSSR count). The zero-order valence-corrected chi connectivity index (χ0v) is 9.38. The number of carbonyl (C=O) groups excluding carboxylic acids is 1. The van der Waals surface area contributed by atoms with E-state index in [2.05, 4.69) is 5.32 Å². The quantitative estimate of drug-likeness (QED) is 0.637. The molecule has 0 saturated carbocycles. The molecule has 0 fully saturated rings. The second-order valence-corrected chi connectivity index (χ2v) is 3.59. The van der Waals surface area contributed by atoms with E-state index in [1.54, 1.807) is 0 Å². The van der Waals surface area contributed by atoms with Crippen LogP contribution in [0.5, 0.6) is 0 Å². The summed E-state index contributed by atoms with van der Waals surface area (Å²) in [6.07, 6.45) is 1.31. The molecule has 4 heteroatoms. The third kappa shape index (κ3) is 8.01.